The summed E-state index contributed by atoms with van der Waals surface area (Å²) in [5, 5.41) is 23.8. The largest absolute Gasteiger partial charge is 0.508 e. The van der Waals surface area contributed by atoms with E-state index in [2.05, 4.69) is 5.32 Å². The molecule has 1 fully saturated rings. The average Bonchev–Trinajstić information content (AvgIpc) is 2.68. The van der Waals surface area contributed by atoms with E-state index in [9.17, 15) is 10.2 Å². The molecule has 118 valence electrons. The molecule has 0 atom stereocenters. The highest BCUT2D eigenvalue weighted by Crippen LogP contribution is 2.27. The molecule has 1 aliphatic rings. The Morgan fingerprint density at radius 3 is 2.57 bits per heavy atom. The monoisotopic (exact) mass is 293 g/mol. The van der Waals surface area contributed by atoms with Gasteiger partial charge in [0.2, 0.25) is 0 Å². The van der Waals surface area contributed by atoms with Crippen LogP contribution in [0, 0.1) is 0 Å². The number of phenolic OH excluding ortho intramolecular Hbond substituents is 1. The first-order chi connectivity index (χ1) is 10.1. The van der Waals surface area contributed by atoms with E-state index in [1.54, 1.807) is 12.1 Å². The van der Waals surface area contributed by atoms with Crippen LogP contribution in [0.2, 0.25) is 0 Å². The van der Waals surface area contributed by atoms with Crippen molar-refractivity contribution in [2.45, 2.75) is 57.6 Å². The van der Waals surface area contributed by atoms with Gasteiger partial charge in [0.05, 0.1) is 12.2 Å². The molecular formula is C17H27NO3. The molecule has 0 aromatic heterocycles. The second kappa shape index (κ2) is 7.66. The number of aromatic hydroxyl groups is 1. The van der Waals surface area contributed by atoms with Crippen molar-refractivity contribution in [3.63, 3.8) is 0 Å². The van der Waals surface area contributed by atoms with Gasteiger partial charge in [0, 0.05) is 18.7 Å². The van der Waals surface area contributed by atoms with Crippen molar-refractivity contribution in [3.8, 4) is 11.5 Å². The molecule has 0 bridgehead atoms. The van der Waals surface area contributed by atoms with Crippen molar-refractivity contribution in [2.24, 2.45) is 0 Å². The van der Waals surface area contributed by atoms with Gasteiger partial charge >= 0.3 is 0 Å². The van der Waals surface area contributed by atoms with Gasteiger partial charge in [-0.25, -0.2) is 0 Å². The van der Waals surface area contributed by atoms with Crippen LogP contribution >= 0.6 is 0 Å². The van der Waals surface area contributed by atoms with Gasteiger partial charge in [-0.15, -0.1) is 0 Å². The maximum atomic E-state index is 10.6. The number of phenols is 1. The maximum absolute atomic E-state index is 10.6. The Morgan fingerprint density at radius 1 is 1.19 bits per heavy atom. The third kappa shape index (κ3) is 4.90. The van der Waals surface area contributed by atoms with Gasteiger partial charge in [0.25, 0.3) is 0 Å². The lowest BCUT2D eigenvalue weighted by atomic mass is 9.94. The Hall–Kier alpha value is -1.26. The number of ether oxygens (including phenoxy) is 1. The molecule has 0 saturated heterocycles. The SMILES string of the molecule is CCOc1ccc(O)c(CNCC2(O)CCCCCC2)c1. The number of nitrogens with one attached hydrogen (secondary N) is 1. The first kappa shape index (κ1) is 16.1. The van der Waals surface area contributed by atoms with E-state index < -0.39 is 5.60 Å². The molecule has 21 heavy (non-hydrogen) atoms. The van der Waals surface area contributed by atoms with Crippen molar-refractivity contribution >= 4 is 0 Å². The Morgan fingerprint density at radius 2 is 1.90 bits per heavy atom. The van der Waals surface area contributed by atoms with Gasteiger partial charge in [-0.1, -0.05) is 25.7 Å². The van der Waals surface area contributed by atoms with Crippen molar-refractivity contribution < 1.29 is 14.9 Å². The lowest BCUT2D eigenvalue weighted by Crippen LogP contribution is -2.39. The van der Waals surface area contributed by atoms with Crippen LogP contribution in [0.5, 0.6) is 11.5 Å². The van der Waals surface area contributed by atoms with E-state index in [1.165, 1.54) is 12.8 Å². The molecular weight excluding hydrogens is 266 g/mol. The molecule has 0 heterocycles. The highest BCUT2D eigenvalue weighted by atomic mass is 16.5. The van der Waals surface area contributed by atoms with E-state index in [4.69, 9.17) is 4.74 Å². The van der Waals surface area contributed by atoms with Crippen LogP contribution in [-0.4, -0.2) is 29.0 Å². The van der Waals surface area contributed by atoms with E-state index in [0.717, 1.165) is 37.0 Å². The predicted molar refractivity (Wildman–Crippen MR) is 83.6 cm³/mol. The van der Waals surface area contributed by atoms with E-state index in [1.807, 2.05) is 13.0 Å². The summed E-state index contributed by atoms with van der Waals surface area (Å²) in [6, 6.07) is 5.27. The molecule has 4 nitrogen and oxygen atoms in total. The first-order valence-corrected chi connectivity index (χ1v) is 8.01. The van der Waals surface area contributed by atoms with Gasteiger partial charge in [-0.3, -0.25) is 0 Å². The zero-order valence-electron chi connectivity index (χ0n) is 12.9. The zero-order chi connectivity index (χ0) is 15.1. The second-order valence-electron chi connectivity index (χ2n) is 5.97. The van der Waals surface area contributed by atoms with Crippen LogP contribution in [0.1, 0.15) is 51.0 Å². The summed E-state index contributed by atoms with van der Waals surface area (Å²) >= 11 is 0. The molecule has 1 aliphatic carbocycles. The first-order valence-electron chi connectivity index (χ1n) is 8.01. The number of rotatable bonds is 6. The van der Waals surface area contributed by atoms with Crippen LogP contribution in [-0.2, 0) is 6.54 Å². The standard InChI is InChI=1S/C17H27NO3/c1-2-21-15-7-8-16(19)14(11-15)12-18-13-17(20)9-5-3-4-6-10-17/h7-8,11,18-20H,2-6,9-10,12-13H2,1H3. The third-order valence-electron chi connectivity index (χ3n) is 4.17. The van der Waals surface area contributed by atoms with Crippen LogP contribution < -0.4 is 10.1 Å². The van der Waals surface area contributed by atoms with Gasteiger partial charge in [0.1, 0.15) is 11.5 Å². The van der Waals surface area contributed by atoms with Crippen LogP contribution in [0.4, 0.5) is 0 Å². The summed E-state index contributed by atoms with van der Waals surface area (Å²) in [4.78, 5) is 0. The van der Waals surface area contributed by atoms with Crippen molar-refractivity contribution in [1.29, 1.82) is 0 Å². The number of aliphatic hydroxyl groups is 1. The average molecular weight is 293 g/mol. The lowest BCUT2D eigenvalue weighted by molar-refractivity contribution is 0.0250. The lowest BCUT2D eigenvalue weighted by Gasteiger charge is -2.27. The quantitative estimate of drug-likeness (QED) is 0.706. The van der Waals surface area contributed by atoms with Crippen molar-refractivity contribution in [3.05, 3.63) is 23.8 Å². The van der Waals surface area contributed by atoms with Gasteiger partial charge < -0.3 is 20.3 Å². The van der Waals surface area contributed by atoms with E-state index >= 15 is 0 Å². The zero-order valence-corrected chi connectivity index (χ0v) is 12.9. The highest BCUT2D eigenvalue weighted by Gasteiger charge is 2.27. The van der Waals surface area contributed by atoms with Crippen LogP contribution in [0.25, 0.3) is 0 Å². The topological polar surface area (TPSA) is 61.7 Å². The Labute approximate surface area is 127 Å². The van der Waals surface area contributed by atoms with Crippen molar-refractivity contribution in [1.82, 2.24) is 5.32 Å². The summed E-state index contributed by atoms with van der Waals surface area (Å²) in [7, 11) is 0. The highest BCUT2D eigenvalue weighted by molar-refractivity contribution is 5.39. The molecule has 0 unspecified atom stereocenters. The summed E-state index contributed by atoms with van der Waals surface area (Å²) < 4.78 is 5.45. The summed E-state index contributed by atoms with van der Waals surface area (Å²) in [5.41, 5.74) is 0.210. The molecule has 1 aromatic carbocycles. The molecule has 0 amide bonds. The number of hydrogen-bond donors (Lipinski definition) is 3. The molecule has 0 aliphatic heterocycles. The fourth-order valence-electron chi connectivity index (χ4n) is 2.95. The number of hydrogen-bond acceptors (Lipinski definition) is 4. The molecule has 0 spiro atoms. The minimum Gasteiger partial charge on any atom is -0.508 e. The second-order valence-corrected chi connectivity index (χ2v) is 5.97. The Balaban J connectivity index is 1.88. The fourth-order valence-corrected chi connectivity index (χ4v) is 2.95. The molecule has 1 aromatic rings. The molecule has 2 rings (SSSR count). The maximum Gasteiger partial charge on any atom is 0.120 e. The van der Waals surface area contributed by atoms with Gasteiger partial charge in [-0.2, -0.15) is 0 Å². The summed E-state index contributed by atoms with van der Waals surface area (Å²) in [6.07, 6.45) is 6.38. The number of benzene rings is 1. The minimum atomic E-state index is -0.594. The van der Waals surface area contributed by atoms with E-state index in [0.29, 0.717) is 19.7 Å². The van der Waals surface area contributed by atoms with Crippen molar-refractivity contribution in [2.75, 3.05) is 13.2 Å². The molecule has 1 saturated carbocycles. The normalized spacial score (nSPS) is 18.2. The molecule has 4 heteroatoms. The Bertz CT molecular complexity index is 440. The fraction of sp³-hybridized carbons (Fsp3) is 0.647. The third-order valence-corrected chi connectivity index (χ3v) is 4.17. The van der Waals surface area contributed by atoms with Crippen LogP contribution in [0.15, 0.2) is 18.2 Å². The van der Waals surface area contributed by atoms with Gasteiger partial charge in [0.15, 0.2) is 0 Å². The molecule has 0 radical (unpaired) electrons. The van der Waals surface area contributed by atoms with E-state index in [-0.39, 0.29) is 5.75 Å². The van der Waals surface area contributed by atoms with Crippen LogP contribution in [0.3, 0.4) is 0 Å². The summed E-state index contributed by atoms with van der Waals surface area (Å²) in [5.74, 6) is 1.03. The summed E-state index contributed by atoms with van der Waals surface area (Å²) in [6.45, 7) is 3.66. The molecule has 3 N–H and O–H groups in total. The van der Waals surface area contributed by atoms with Gasteiger partial charge in [-0.05, 0) is 38.0 Å². The minimum absolute atomic E-state index is 0.263. The Kier molecular flexibility index (Phi) is 5.88. The smallest absolute Gasteiger partial charge is 0.120 e. The predicted octanol–water partition coefficient (Wildman–Crippen LogP) is 2.97.